The number of halogens is 8. The van der Waals surface area contributed by atoms with Gasteiger partial charge in [-0.3, -0.25) is 9.59 Å². The normalized spacial score (nSPS) is 19.6. The first-order valence-corrected chi connectivity index (χ1v) is 10.5. The second-order valence-corrected chi connectivity index (χ2v) is 9.49. The summed E-state index contributed by atoms with van der Waals surface area (Å²) in [4.78, 5) is 24.7. The number of rotatable bonds is 5. The van der Waals surface area contributed by atoms with Crippen LogP contribution in [-0.4, -0.2) is 28.9 Å². The summed E-state index contributed by atoms with van der Waals surface area (Å²) in [5.74, 6) is -3.62. The summed E-state index contributed by atoms with van der Waals surface area (Å²) in [6.45, 7) is -1.53. The van der Waals surface area contributed by atoms with Crippen molar-refractivity contribution in [2.75, 3.05) is 11.9 Å². The average molecular weight is 563 g/mol. The van der Waals surface area contributed by atoms with Crippen molar-refractivity contribution < 1.29 is 27.2 Å². The molecular weight excluding hydrogens is 550 g/mol. The van der Waals surface area contributed by atoms with E-state index in [0.717, 1.165) is 6.07 Å². The van der Waals surface area contributed by atoms with E-state index < -0.39 is 46.5 Å². The second kappa shape index (κ2) is 8.77. The van der Waals surface area contributed by atoms with Gasteiger partial charge in [-0.25, -0.2) is 4.39 Å². The minimum atomic E-state index is -4.59. The van der Waals surface area contributed by atoms with E-state index in [0.29, 0.717) is 5.56 Å². The van der Waals surface area contributed by atoms with Crippen LogP contribution in [-0.2, 0) is 4.79 Å². The lowest BCUT2D eigenvalue weighted by molar-refractivity contribution is -0.123. The number of alkyl halides is 5. The first-order chi connectivity index (χ1) is 14.3. The summed E-state index contributed by atoms with van der Waals surface area (Å²) < 4.78 is 49.2. The zero-order chi connectivity index (χ0) is 23.1. The third kappa shape index (κ3) is 5.45. The van der Waals surface area contributed by atoms with Crippen molar-refractivity contribution in [3.8, 4) is 0 Å². The molecular formula is C19H12BrCl3F4N2O2. The maximum Gasteiger partial charge on any atom is 0.405 e. The third-order valence-corrected chi connectivity index (χ3v) is 6.44. The second-order valence-electron chi connectivity index (χ2n) is 6.79. The van der Waals surface area contributed by atoms with Gasteiger partial charge in [0, 0.05) is 11.6 Å². The van der Waals surface area contributed by atoms with Crippen molar-refractivity contribution in [3.05, 3.63) is 62.8 Å². The largest absolute Gasteiger partial charge is 0.405 e. The Morgan fingerprint density at radius 1 is 1.13 bits per heavy atom. The molecule has 0 spiro atoms. The first-order valence-electron chi connectivity index (χ1n) is 8.59. The van der Waals surface area contributed by atoms with Crippen LogP contribution < -0.4 is 10.6 Å². The number of hydrogen-bond acceptors (Lipinski definition) is 2. The number of carbonyl (C=O) groups excluding carboxylic acids is 2. The summed E-state index contributed by atoms with van der Waals surface area (Å²) in [5, 5.41) is 4.14. The molecule has 2 aromatic carbocycles. The van der Waals surface area contributed by atoms with E-state index in [-0.39, 0.29) is 20.7 Å². The van der Waals surface area contributed by atoms with Crippen LogP contribution in [0, 0.1) is 11.7 Å². The summed E-state index contributed by atoms with van der Waals surface area (Å²) in [6, 6.07) is 7.91. The van der Waals surface area contributed by atoms with Crippen LogP contribution in [0.3, 0.4) is 0 Å². The number of carbonyl (C=O) groups is 2. The molecule has 0 radical (unpaired) electrons. The highest BCUT2D eigenvalue weighted by atomic mass is 79.9. The standard InChI is InChI=1S/C19H12BrCl3F4N2O2/c20-11-5-8(1-4-13(11)24)14-15(19(14,22)23)17(31)29-9-2-3-12(21)10(6-9)16(30)28-7-18(25,26)27/h1-6,14-15H,7H2,(H,28,30)(H,29,31). The Hall–Kier alpha value is -1.55. The molecule has 0 bridgehead atoms. The minimum absolute atomic E-state index is 0.0952. The molecule has 2 N–H and O–H groups in total. The molecule has 0 aliphatic heterocycles. The molecule has 4 nitrogen and oxygen atoms in total. The lowest BCUT2D eigenvalue weighted by Crippen LogP contribution is -2.33. The molecule has 1 fully saturated rings. The van der Waals surface area contributed by atoms with Crippen LogP contribution >= 0.6 is 50.7 Å². The van der Waals surface area contributed by atoms with Crippen molar-refractivity contribution in [1.82, 2.24) is 5.32 Å². The molecule has 31 heavy (non-hydrogen) atoms. The molecule has 0 aromatic heterocycles. The predicted molar refractivity (Wildman–Crippen MR) is 113 cm³/mol. The van der Waals surface area contributed by atoms with Crippen LogP contribution in [0.4, 0.5) is 23.2 Å². The summed E-state index contributed by atoms with van der Waals surface area (Å²) in [6.07, 6.45) is -4.59. The van der Waals surface area contributed by atoms with Gasteiger partial charge < -0.3 is 10.6 Å². The van der Waals surface area contributed by atoms with Gasteiger partial charge >= 0.3 is 6.18 Å². The van der Waals surface area contributed by atoms with Crippen LogP contribution in [0.2, 0.25) is 5.02 Å². The molecule has 2 unspecified atom stereocenters. The Bertz CT molecular complexity index is 1050. The Labute approximate surface area is 197 Å². The third-order valence-electron chi connectivity index (χ3n) is 4.57. The summed E-state index contributed by atoms with van der Waals surface area (Å²) >= 11 is 21.5. The monoisotopic (exact) mass is 560 g/mol. The fourth-order valence-electron chi connectivity index (χ4n) is 3.05. The van der Waals surface area contributed by atoms with Crippen LogP contribution in [0.15, 0.2) is 40.9 Å². The Morgan fingerprint density at radius 3 is 2.42 bits per heavy atom. The van der Waals surface area contributed by atoms with Crippen molar-refractivity contribution in [1.29, 1.82) is 0 Å². The van der Waals surface area contributed by atoms with Crippen molar-refractivity contribution in [3.63, 3.8) is 0 Å². The maximum atomic E-state index is 13.5. The van der Waals surface area contributed by atoms with E-state index in [9.17, 15) is 27.2 Å². The summed E-state index contributed by atoms with van der Waals surface area (Å²) in [5.41, 5.74) is 0.407. The van der Waals surface area contributed by atoms with E-state index in [1.165, 1.54) is 30.3 Å². The van der Waals surface area contributed by atoms with Gasteiger partial charge in [0.2, 0.25) is 5.91 Å². The number of benzene rings is 2. The zero-order valence-electron chi connectivity index (χ0n) is 15.2. The van der Waals surface area contributed by atoms with Gasteiger partial charge in [-0.05, 0) is 51.8 Å². The van der Waals surface area contributed by atoms with E-state index in [1.807, 2.05) is 0 Å². The Morgan fingerprint density at radius 2 is 1.81 bits per heavy atom. The van der Waals surface area contributed by atoms with Gasteiger partial charge in [-0.1, -0.05) is 17.7 Å². The summed E-state index contributed by atoms with van der Waals surface area (Å²) in [7, 11) is 0. The van der Waals surface area contributed by atoms with E-state index >= 15 is 0 Å². The molecule has 0 heterocycles. The number of amides is 2. The van der Waals surface area contributed by atoms with Crippen molar-refractivity contribution >= 4 is 68.2 Å². The van der Waals surface area contributed by atoms with Gasteiger partial charge in [-0.15, -0.1) is 23.2 Å². The topological polar surface area (TPSA) is 58.2 Å². The first kappa shape index (κ1) is 24.1. The average Bonchev–Trinajstić information content (AvgIpc) is 3.25. The maximum absolute atomic E-state index is 13.5. The smallest absolute Gasteiger partial charge is 0.343 e. The van der Waals surface area contributed by atoms with Gasteiger partial charge in [-0.2, -0.15) is 13.2 Å². The number of anilines is 1. The zero-order valence-corrected chi connectivity index (χ0v) is 19.0. The fraction of sp³-hybridized carbons (Fsp3) is 0.263. The molecule has 12 heteroatoms. The van der Waals surface area contributed by atoms with E-state index in [4.69, 9.17) is 34.8 Å². The molecule has 2 amide bonds. The lowest BCUT2D eigenvalue weighted by Gasteiger charge is -2.11. The van der Waals surface area contributed by atoms with Gasteiger partial charge in [0.25, 0.3) is 5.91 Å². The molecule has 1 aliphatic carbocycles. The number of nitrogens with one attached hydrogen (secondary N) is 2. The van der Waals surface area contributed by atoms with Gasteiger partial charge in [0.05, 0.1) is 21.0 Å². The fourth-order valence-corrected chi connectivity index (χ4v) is 4.47. The van der Waals surface area contributed by atoms with Gasteiger partial charge in [0.15, 0.2) is 0 Å². The van der Waals surface area contributed by atoms with Crippen molar-refractivity contribution in [2.45, 2.75) is 16.4 Å². The lowest BCUT2D eigenvalue weighted by atomic mass is 10.1. The highest BCUT2D eigenvalue weighted by Crippen LogP contribution is 2.65. The highest BCUT2D eigenvalue weighted by molar-refractivity contribution is 9.10. The van der Waals surface area contributed by atoms with Gasteiger partial charge in [0.1, 0.15) is 16.7 Å². The molecule has 2 atom stereocenters. The molecule has 166 valence electrons. The highest BCUT2D eigenvalue weighted by Gasteiger charge is 2.67. The SMILES string of the molecule is O=C(NCC(F)(F)F)c1cc(NC(=O)C2C(c3ccc(F)c(Br)c3)C2(Cl)Cl)ccc1Cl. The Balaban J connectivity index is 1.74. The molecule has 0 saturated heterocycles. The molecule has 3 rings (SSSR count). The molecule has 2 aromatic rings. The van der Waals surface area contributed by atoms with Crippen LogP contribution in [0.1, 0.15) is 21.8 Å². The molecule has 1 aliphatic rings. The predicted octanol–water partition coefficient (Wildman–Crippen LogP) is 6.06. The molecule has 1 saturated carbocycles. The quantitative estimate of drug-likeness (QED) is 0.344. The Kier molecular flexibility index (Phi) is 6.82. The number of hydrogen-bond donors (Lipinski definition) is 2. The van der Waals surface area contributed by atoms with E-state index in [1.54, 1.807) is 5.32 Å². The minimum Gasteiger partial charge on any atom is -0.343 e. The van der Waals surface area contributed by atoms with Crippen LogP contribution in [0.5, 0.6) is 0 Å². The van der Waals surface area contributed by atoms with Crippen molar-refractivity contribution in [2.24, 2.45) is 5.92 Å². The van der Waals surface area contributed by atoms with Crippen LogP contribution in [0.25, 0.3) is 0 Å². The van der Waals surface area contributed by atoms with E-state index in [2.05, 4.69) is 21.2 Å².